The van der Waals surface area contributed by atoms with Gasteiger partial charge in [0.05, 0.1) is 16.8 Å². The molecule has 4 aromatic heterocycles. The van der Waals surface area contributed by atoms with Crippen LogP contribution in [0.1, 0.15) is 25.0 Å². The monoisotopic (exact) mass is 442 g/mol. The first kappa shape index (κ1) is 19.2. The Kier molecular flexibility index (Phi) is 4.72. The minimum Gasteiger partial charge on any atom is -0.402 e. The summed E-state index contributed by atoms with van der Waals surface area (Å²) in [5.74, 6) is 1.25. The van der Waals surface area contributed by atoms with Crippen molar-refractivity contribution >= 4 is 27.6 Å². The van der Waals surface area contributed by atoms with Crippen molar-refractivity contribution in [2.75, 3.05) is 18.0 Å². The third-order valence-electron chi connectivity index (χ3n) is 5.84. The van der Waals surface area contributed by atoms with Crippen molar-refractivity contribution < 1.29 is 4.42 Å². The van der Waals surface area contributed by atoms with Crippen molar-refractivity contribution in [1.82, 2.24) is 24.7 Å². The molecular formula is C24H22N6OS. The molecule has 6 rings (SSSR count). The molecule has 0 radical (unpaired) electrons. The number of piperidine rings is 1. The summed E-state index contributed by atoms with van der Waals surface area (Å²) < 4.78 is 8.27. The molecule has 1 aliphatic heterocycles. The van der Waals surface area contributed by atoms with Gasteiger partial charge in [0.2, 0.25) is 0 Å². The van der Waals surface area contributed by atoms with Crippen LogP contribution >= 0.6 is 11.3 Å². The van der Waals surface area contributed by atoms with E-state index in [1.165, 1.54) is 6.42 Å². The van der Waals surface area contributed by atoms with Gasteiger partial charge in [-0.15, -0.1) is 16.4 Å². The van der Waals surface area contributed by atoms with E-state index in [0.29, 0.717) is 11.9 Å². The minimum absolute atomic E-state index is 0.526. The molecule has 0 bridgehead atoms. The van der Waals surface area contributed by atoms with Crippen LogP contribution in [-0.4, -0.2) is 37.8 Å². The van der Waals surface area contributed by atoms with E-state index < -0.39 is 0 Å². The molecule has 1 fully saturated rings. The second kappa shape index (κ2) is 7.87. The SMILES string of the molecule is Cc1nc(-c2ccccc2)nc2sc(-c3nnc(N4CCCCC4)o3)c(-n3cccc3)c12. The van der Waals surface area contributed by atoms with Gasteiger partial charge < -0.3 is 13.9 Å². The fourth-order valence-electron chi connectivity index (χ4n) is 4.26. The lowest BCUT2D eigenvalue weighted by Gasteiger charge is -2.24. The zero-order valence-electron chi connectivity index (χ0n) is 17.7. The fourth-order valence-corrected chi connectivity index (χ4v) is 5.41. The average Bonchev–Trinajstić information content (AvgIpc) is 3.59. The Bertz CT molecular complexity index is 1370. The average molecular weight is 443 g/mol. The van der Waals surface area contributed by atoms with E-state index in [0.717, 1.165) is 63.8 Å². The van der Waals surface area contributed by atoms with Crippen molar-refractivity contribution in [2.24, 2.45) is 0 Å². The molecule has 7 nitrogen and oxygen atoms in total. The van der Waals surface area contributed by atoms with Gasteiger partial charge in [-0.3, -0.25) is 0 Å². The predicted molar refractivity (Wildman–Crippen MR) is 126 cm³/mol. The van der Waals surface area contributed by atoms with Crippen molar-refractivity contribution in [3.63, 3.8) is 0 Å². The summed E-state index contributed by atoms with van der Waals surface area (Å²) in [5.41, 5.74) is 2.91. The van der Waals surface area contributed by atoms with Gasteiger partial charge in [-0.1, -0.05) is 35.4 Å². The number of rotatable bonds is 4. The molecule has 0 saturated carbocycles. The molecule has 8 heteroatoms. The first-order valence-electron chi connectivity index (χ1n) is 10.9. The lowest BCUT2D eigenvalue weighted by molar-refractivity contribution is 0.498. The number of hydrogen-bond donors (Lipinski definition) is 0. The topological polar surface area (TPSA) is 72.9 Å². The highest BCUT2D eigenvalue weighted by Gasteiger charge is 2.25. The predicted octanol–water partition coefficient (Wildman–Crippen LogP) is 5.50. The Morgan fingerprint density at radius 2 is 1.69 bits per heavy atom. The number of nitrogens with zero attached hydrogens (tertiary/aromatic N) is 6. The van der Waals surface area contributed by atoms with Crippen LogP contribution in [0, 0.1) is 6.92 Å². The highest BCUT2D eigenvalue weighted by molar-refractivity contribution is 7.22. The summed E-state index contributed by atoms with van der Waals surface area (Å²) in [5, 5.41) is 9.81. The second-order valence-electron chi connectivity index (χ2n) is 7.99. The maximum absolute atomic E-state index is 6.18. The van der Waals surface area contributed by atoms with E-state index in [4.69, 9.17) is 14.4 Å². The van der Waals surface area contributed by atoms with Gasteiger partial charge in [-0.2, -0.15) is 0 Å². The van der Waals surface area contributed by atoms with Crippen molar-refractivity contribution in [2.45, 2.75) is 26.2 Å². The molecule has 0 spiro atoms. The molecule has 0 unspecified atom stereocenters. The molecule has 32 heavy (non-hydrogen) atoms. The van der Waals surface area contributed by atoms with Gasteiger partial charge in [-0.05, 0) is 38.3 Å². The number of fused-ring (bicyclic) bond motifs is 1. The molecule has 5 aromatic rings. The van der Waals surface area contributed by atoms with E-state index in [9.17, 15) is 0 Å². The second-order valence-corrected chi connectivity index (χ2v) is 8.99. The summed E-state index contributed by atoms with van der Waals surface area (Å²) in [6.45, 7) is 3.96. The van der Waals surface area contributed by atoms with Crippen LogP contribution in [0.15, 0.2) is 59.3 Å². The Hall–Kier alpha value is -3.52. The van der Waals surface area contributed by atoms with Crippen LogP contribution in [0.4, 0.5) is 6.01 Å². The quantitative estimate of drug-likeness (QED) is 0.366. The smallest absolute Gasteiger partial charge is 0.318 e. The summed E-state index contributed by atoms with van der Waals surface area (Å²) in [7, 11) is 0. The molecule has 1 aromatic carbocycles. The number of aromatic nitrogens is 5. The van der Waals surface area contributed by atoms with Crippen molar-refractivity contribution in [3.8, 4) is 27.8 Å². The van der Waals surface area contributed by atoms with Crippen LogP contribution in [-0.2, 0) is 0 Å². The summed E-state index contributed by atoms with van der Waals surface area (Å²) >= 11 is 1.57. The minimum atomic E-state index is 0.526. The van der Waals surface area contributed by atoms with Crippen LogP contribution in [0.3, 0.4) is 0 Å². The number of thiophene rings is 1. The highest BCUT2D eigenvalue weighted by atomic mass is 32.1. The van der Waals surface area contributed by atoms with Gasteiger partial charge in [-0.25, -0.2) is 9.97 Å². The molecule has 0 atom stereocenters. The van der Waals surface area contributed by atoms with Gasteiger partial charge in [0.1, 0.15) is 9.71 Å². The molecule has 1 aliphatic rings. The molecule has 5 heterocycles. The molecule has 160 valence electrons. The molecular weight excluding hydrogens is 420 g/mol. The molecule has 0 aliphatic carbocycles. The Labute approximate surface area is 189 Å². The van der Waals surface area contributed by atoms with Crippen molar-refractivity contribution in [3.05, 3.63) is 60.6 Å². The highest BCUT2D eigenvalue weighted by Crippen LogP contribution is 2.42. The van der Waals surface area contributed by atoms with Crippen LogP contribution in [0.2, 0.25) is 0 Å². The standard InChI is InChI=1S/C24H22N6OS/c1-16-18-19(29-12-8-9-13-29)20(22-27-28-24(31-22)30-14-6-3-7-15-30)32-23(18)26-21(25-16)17-10-4-2-5-11-17/h2,4-5,8-13H,3,6-7,14-15H2,1H3. The maximum Gasteiger partial charge on any atom is 0.318 e. The normalized spacial score (nSPS) is 14.3. The molecule has 0 amide bonds. The van der Waals surface area contributed by atoms with E-state index >= 15 is 0 Å². The summed E-state index contributed by atoms with van der Waals surface area (Å²) in [6, 6.07) is 14.7. The number of hydrogen-bond acceptors (Lipinski definition) is 7. The first-order chi connectivity index (χ1) is 15.8. The molecule has 0 N–H and O–H groups in total. The maximum atomic E-state index is 6.18. The molecule has 1 saturated heterocycles. The lowest BCUT2D eigenvalue weighted by Crippen LogP contribution is -2.29. The fraction of sp³-hybridized carbons (Fsp3) is 0.250. The Morgan fingerprint density at radius 3 is 2.47 bits per heavy atom. The van der Waals surface area contributed by atoms with Crippen LogP contribution in [0.5, 0.6) is 0 Å². The van der Waals surface area contributed by atoms with Gasteiger partial charge in [0, 0.05) is 31.0 Å². The van der Waals surface area contributed by atoms with Crippen molar-refractivity contribution in [1.29, 1.82) is 0 Å². The number of anilines is 1. The lowest BCUT2D eigenvalue weighted by atomic mass is 10.1. The van der Waals surface area contributed by atoms with Crippen LogP contribution < -0.4 is 4.90 Å². The van der Waals surface area contributed by atoms with Gasteiger partial charge in [0.15, 0.2) is 5.82 Å². The number of aryl methyl sites for hydroxylation is 1. The van der Waals surface area contributed by atoms with Gasteiger partial charge in [0.25, 0.3) is 5.89 Å². The Morgan fingerprint density at radius 1 is 0.906 bits per heavy atom. The van der Waals surface area contributed by atoms with E-state index in [1.807, 2.05) is 61.8 Å². The summed E-state index contributed by atoms with van der Waals surface area (Å²) in [6.07, 6.45) is 7.63. The third-order valence-corrected chi connectivity index (χ3v) is 6.90. The Balaban J connectivity index is 1.52. The van der Waals surface area contributed by atoms with Crippen LogP contribution in [0.25, 0.3) is 38.1 Å². The van der Waals surface area contributed by atoms with E-state index in [-0.39, 0.29) is 0 Å². The zero-order valence-corrected chi connectivity index (χ0v) is 18.5. The number of benzene rings is 1. The first-order valence-corrected chi connectivity index (χ1v) is 11.7. The van der Waals surface area contributed by atoms with Gasteiger partial charge >= 0.3 is 6.01 Å². The zero-order chi connectivity index (χ0) is 21.5. The largest absolute Gasteiger partial charge is 0.402 e. The summed E-state index contributed by atoms with van der Waals surface area (Å²) in [4.78, 5) is 13.8. The third kappa shape index (κ3) is 3.27. The van der Waals surface area contributed by atoms with E-state index in [1.54, 1.807) is 11.3 Å². The van der Waals surface area contributed by atoms with E-state index in [2.05, 4.69) is 19.7 Å².